The van der Waals surface area contributed by atoms with Crippen LogP contribution in [0.5, 0.6) is 0 Å². The first-order valence-electron chi connectivity index (χ1n) is 13.2. The molecule has 10 heteroatoms. The number of nitrogens with zero attached hydrogens (tertiary/aromatic N) is 3. The molecule has 3 aliphatic heterocycles. The van der Waals surface area contributed by atoms with E-state index in [4.69, 9.17) is 4.74 Å². The Kier molecular flexibility index (Phi) is 6.26. The van der Waals surface area contributed by atoms with Crippen molar-refractivity contribution in [3.05, 3.63) is 48.5 Å². The van der Waals surface area contributed by atoms with Crippen LogP contribution in [0.3, 0.4) is 0 Å². The van der Waals surface area contributed by atoms with Crippen molar-refractivity contribution in [3.8, 4) is 11.3 Å². The normalized spacial score (nSPS) is 24.1. The molecule has 3 aliphatic rings. The third kappa shape index (κ3) is 4.49. The van der Waals surface area contributed by atoms with Gasteiger partial charge in [-0.2, -0.15) is 4.31 Å². The summed E-state index contributed by atoms with van der Waals surface area (Å²) in [5.74, 6) is -0.158. The molecule has 3 saturated heterocycles. The van der Waals surface area contributed by atoms with E-state index in [1.165, 1.54) is 4.31 Å². The number of aliphatic hydroxyl groups excluding tert-OH is 1. The van der Waals surface area contributed by atoms with Gasteiger partial charge in [0, 0.05) is 60.6 Å². The molecule has 2 aromatic carbocycles. The van der Waals surface area contributed by atoms with Gasteiger partial charge in [0.25, 0.3) is 0 Å². The molecule has 1 amide bonds. The van der Waals surface area contributed by atoms with Crippen LogP contribution >= 0.6 is 0 Å². The summed E-state index contributed by atoms with van der Waals surface area (Å²) < 4.78 is 34.8. The Morgan fingerprint density at radius 2 is 1.89 bits per heavy atom. The van der Waals surface area contributed by atoms with E-state index in [-0.39, 0.29) is 10.8 Å². The Bertz CT molecular complexity index is 1450. The van der Waals surface area contributed by atoms with E-state index < -0.39 is 27.8 Å². The van der Waals surface area contributed by atoms with Crippen LogP contribution in [-0.4, -0.2) is 90.7 Å². The van der Waals surface area contributed by atoms with Crippen molar-refractivity contribution in [2.75, 3.05) is 44.2 Å². The second-order valence-corrected chi connectivity index (χ2v) is 13.0. The fourth-order valence-electron chi connectivity index (χ4n) is 5.79. The minimum absolute atomic E-state index is 0.158. The van der Waals surface area contributed by atoms with Crippen molar-refractivity contribution in [2.24, 2.45) is 0 Å². The summed E-state index contributed by atoms with van der Waals surface area (Å²) in [5.41, 5.74) is 2.96. The smallest absolute Gasteiger partial charge is 0.243 e. The molecule has 9 nitrogen and oxygen atoms in total. The maximum Gasteiger partial charge on any atom is 0.243 e. The third-order valence-electron chi connectivity index (χ3n) is 7.89. The van der Waals surface area contributed by atoms with Crippen molar-refractivity contribution < 1.29 is 23.1 Å². The highest BCUT2D eigenvalue weighted by molar-refractivity contribution is 7.89. The Hall–Kier alpha value is -2.92. The maximum atomic E-state index is 13.8. The standard InChI is InChI=1S/C28H34N4O5S/c1-28(2)18-31(13-14-37-28)27(34)26-10-12-32(26)38(35,36)21-7-8-25(30-11-9-20(33)17-30)22(16-21)24-15-19-5-3-4-6-23(19)29-24/h3-8,15-16,20,26,29,33H,9-14,17-18H2,1-2H3/t20-,26-/m0/s1. The summed E-state index contributed by atoms with van der Waals surface area (Å²) in [7, 11) is -3.90. The number of hydrogen-bond acceptors (Lipinski definition) is 6. The monoisotopic (exact) mass is 538 g/mol. The highest BCUT2D eigenvalue weighted by Crippen LogP contribution is 2.38. The summed E-state index contributed by atoms with van der Waals surface area (Å²) >= 11 is 0. The molecule has 38 heavy (non-hydrogen) atoms. The molecule has 4 heterocycles. The predicted octanol–water partition coefficient (Wildman–Crippen LogP) is 2.81. The van der Waals surface area contributed by atoms with Crippen molar-refractivity contribution in [3.63, 3.8) is 0 Å². The number of hydrogen-bond donors (Lipinski definition) is 2. The lowest BCUT2D eigenvalue weighted by atomic mass is 10.0. The lowest BCUT2D eigenvalue weighted by molar-refractivity contribution is -0.152. The fourth-order valence-corrected chi connectivity index (χ4v) is 7.45. The lowest BCUT2D eigenvalue weighted by Gasteiger charge is -2.44. The molecule has 202 valence electrons. The molecule has 0 aliphatic carbocycles. The first kappa shape index (κ1) is 25.4. The zero-order chi connectivity index (χ0) is 26.7. The molecule has 0 radical (unpaired) electrons. The second kappa shape index (κ2) is 9.37. The van der Waals surface area contributed by atoms with Crippen molar-refractivity contribution in [1.29, 1.82) is 0 Å². The van der Waals surface area contributed by atoms with Gasteiger partial charge in [-0.1, -0.05) is 18.2 Å². The zero-order valence-electron chi connectivity index (χ0n) is 21.8. The molecule has 0 spiro atoms. The van der Waals surface area contributed by atoms with Gasteiger partial charge in [-0.25, -0.2) is 8.42 Å². The maximum absolute atomic E-state index is 13.8. The molecule has 0 saturated carbocycles. The molecule has 2 N–H and O–H groups in total. The molecule has 2 atom stereocenters. The number of sulfonamides is 1. The van der Waals surface area contributed by atoms with Gasteiger partial charge in [0.15, 0.2) is 0 Å². The van der Waals surface area contributed by atoms with Crippen LogP contribution in [0.15, 0.2) is 53.4 Å². The number of para-hydroxylation sites is 1. The molecular formula is C28H34N4O5S. The number of β-amino-alcohol motifs (C(OH)–C–C–N with tert-alkyl or cyclic N) is 1. The number of morpholine rings is 1. The van der Waals surface area contributed by atoms with Crippen molar-refractivity contribution in [2.45, 2.75) is 49.3 Å². The molecule has 3 aromatic rings. The average Bonchev–Trinajstić information content (AvgIpc) is 3.48. The number of fused-ring (bicyclic) bond motifs is 1. The van der Waals surface area contributed by atoms with Crippen LogP contribution in [0.1, 0.15) is 26.7 Å². The predicted molar refractivity (Wildman–Crippen MR) is 145 cm³/mol. The Labute approximate surface area is 223 Å². The van der Waals surface area contributed by atoms with Crippen LogP contribution in [0.25, 0.3) is 22.2 Å². The minimum atomic E-state index is -3.90. The van der Waals surface area contributed by atoms with Crippen molar-refractivity contribution >= 4 is 32.5 Å². The zero-order valence-corrected chi connectivity index (χ0v) is 22.6. The highest BCUT2D eigenvalue weighted by atomic mass is 32.2. The van der Waals surface area contributed by atoms with Crippen LogP contribution in [0.2, 0.25) is 0 Å². The number of carbonyl (C=O) groups excluding carboxylic acids is 1. The number of amides is 1. The van der Waals surface area contributed by atoms with Crippen LogP contribution in [0.4, 0.5) is 5.69 Å². The molecule has 3 fully saturated rings. The average molecular weight is 539 g/mol. The van der Waals surface area contributed by atoms with E-state index in [0.717, 1.165) is 27.8 Å². The topological polar surface area (TPSA) is 106 Å². The summed E-state index contributed by atoms with van der Waals surface area (Å²) in [4.78, 5) is 20.7. The first-order chi connectivity index (χ1) is 18.1. The molecule has 6 rings (SSSR count). The van der Waals surface area contributed by atoms with E-state index in [1.807, 2.05) is 50.2 Å². The molecule has 0 bridgehead atoms. The van der Waals surface area contributed by atoms with E-state index in [2.05, 4.69) is 9.88 Å². The van der Waals surface area contributed by atoms with Gasteiger partial charge in [0.1, 0.15) is 6.04 Å². The fraction of sp³-hybridized carbons (Fsp3) is 0.464. The van der Waals surface area contributed by atoms with Crippen LogP contribution < -0.4 is 4.90 Å². The van der Waals surface area contributed by atoms with E-state index in [0.29, 0.717) is 52.2 Å². The highest BCUT2D eigenvalue weighted by Gasteiger charge is 2.46. The van der Waals surface area contributed by atoms with Gasteiger partial charge in [-0.15, -0.1) is 0 Å². The second-order valence-electron chi connectivity index (χ2n) is 11.1. The number of anilines is 1. The number of carbonyl (C=O) groups is 1. The van der Waals surface area contributed by atoms with E-state index >= 15 is 0 Å². The summed E-state index contributed by atoms with van der Waals surface area (Å²) in [6.45, 7) is 6.73. The van der Waals surface area contributed by atoms with Gasteiger partial charge in [-0.3, -0.25) is 4.79 Å². The van der Waals surface area contributed by atoms with Gasteiger partial charge in [-0.05, 0) is 57.0 Å². The molecular weight excluding hydrogens is 504 g/mol. The number of ether oxygens (including phenoxy) is 1. The number of rotatable bonds is 5. The first-order valence-corrected chi connectivity index (χ1v) is 14.7. The number of H-pyrrole nitrogens is 1. The number of aliphatic hydroxyl groups is 1. The van der Waals surface area contributed by atoms with Crippen LogP contribution in [-0.2, 0) is 19.6 Å². The van der Waals surface area contributed by atoms with E-state index in [9.17, 15) is 18.3 Å². The largest absolute Gasteiger partial charge is 0.391 e. The van der Waals surface area contributed by atoms with Crippen LogP contribution in [0, 0.1) is 0 Å². The number of benzene rings is 2. The molecule has 1 aromatic heterocycles. The van der Waals surface area contributed by atoms with Gasteiger partial charge >= 0.3 is 0 Å². The van der Waals surface area contributed by atoms with Gasteiger partial charge in [0.2, 0.25) is 15.9 Å². The lowest BCUT2D eigenvalue weighted by Crippen LogP contribution is -2.62. The van der Waals surface area contributed by atoms with Gasteiger partial charge in [0.05, 0.1) is 23.2 Å². The SMILES string of the molecule is CC1(C)CN(C(=O)[C@@H]2CCN2S(=O)(=O)c2ccc(N3CC[C@H](O)C3)c(-c3cc4ccccc4[nH]3)c2)CCO1. The Morgan fingerprint density at radius 1 is 1.08 bits per heavy atom. The summed E-state index contributed by atoms with van der Waals surface area (Å²) in [5, 5.41) is 11.2. The number of aromatic amines is 1. The summed E-state index contributed by atoms with van der Waals surface area (Å²) in [6, 6.07) is 14.4. The number of nitrogens with one attached hydrogen (secondary N) is 1. The third-order valence-corrected chi connectivity index (χ3v) is 9.80. The number of aromatic nitrogens is 1. The Balaban J connectivity index is 1.34. The quantitative estimate of drug-likeness (QED) is 0.518. The van der Waals surface area contributed by atoms with Gasteiger partial charge < -0.3 is 24.6 Å². The summed E-state index contributed by atoms with van der Waals surface area (Å²) in [6.07, 6.45) is 0.767. The van der Waals surface area contributed by atoms with Crippen molar-refractivity contribution in [1.82, 2.24) is 14.2 Å². The minimum Gasteiger partial charge on any atom is -0.391 e. The molecule has 0 unspecified atom stereocenters. The van der Waals surface area contributed by atoms with E-state index in [1.54, 1.807) is 17.0 Å². The Morgan fingerprint density at radius 3 is 2.58 bits per heavy atom.